The summed E-state index contributed by atoms with van der Waals surface area (Å²) in [4.78, 5) is 10.4. The molecule has 0 aliphatic rings. The van der Waals surface area contributed by atoms with Gasteiger partial charge in [0.1, 0.15) is 6.61 Å². The number of aliphatic hydroxyl groups is 1. The Kier molecular flexibility index (Phi) is 6.24. The first kappa shape index (κ1) is 15.4. The quantitative estimate of drug-likeness (QED) is 0.554. The fourth-order valence-electron chi connectivity index (χ4n) is 1.60. The molecule has 19 heavy (non-hydrogen) atoms. The second-order valence-electron chi connectivity index (χ2n) is 4.66. The van der Waals surface area contributed by atoms with Crippen molar-refractivity contribution < 1.29 is 14.8 Å². The fourth-order valence-corrected chi connectivity index (χ4v) is 1.60. The first-order valence-corrected chi connectivity index (χ1v) is 6.26. The van der Waals surface area contributed by atoms with Gasteiger partial charge in [-0.2, -0.15) is 0 Å². The molecule has 0 unspecified atom stereocenters. The summed E-state index contributed by atoms with van der Waals surface area (Å²) >= 11 is 0. The summed E-state index contributed by atoms with van der Waals surface area (Å²) in [6.07, 6.45) is 0. The number of nitrogens with zero attached hydrogens (tertiary/aromatic N) is 1. The van der Waals surface area contributed by atoms with Gasteiger partial charge in [-0.1, -0.05) is 19.9 Å². The Labute approximate surface area is 112 Å². The van der Waals surface area contributed by atoms with Crippen molar-refractivity contribution in [3.63, 3.8) is 0 Å². The van der Waals surface area contributed by atoms with E-state index >= 15 is 0 Å². The molecule has 2 N–H and O–H groups in total. The second kappa shape index (κ2) is 7.70. The maximum Gasteiger partial charge on any atom is 0.310 e. The SMILES string of the molecule is CC(C)CNCc1ccc([N+](=O)[O-])c(OCCO)c1. The lowest BCUT2D eigenvalue weighted by molar-refractivity contribution is -0.385. The normalized spacial score (nSPS) is 10.7. The number of nitro groups is 1. The molecule has 1 aromatic rings. The predicted octanol–water partition coefficient (Wildman–Crippen LogP) is 1.71. The van der Waals surface area contributed by atoms with Crippen LogP contribution in [0.1, 0.15) is 19.4 Å². The average Bonchev–Trinajstić information content (AvgIpc) is 2.35. The van der Waals surface area contributed by atoms with Crippen LogP contribution in [-0.4, -0.2) is 29.8 Å². The lowest BCUT2D eigenvalue weighted by Crippen LogP contribution is -2.19. The third-order valence-electron chi connectivity index (χ3n) is 2.45. The summed E-state index contributed by atoms with van der Waals surface area (Å²) in [6.45, 7) is 5.60. The van der Waals surface area contributed by atoms with Crippen LogP contribution < -0.4 is 10.1 Å². The number of rotatable bonds is 8. The number of nitrogens with one attached hydrogen (secondary N) is 1. The third kappa shape index (κ3) is 5.23. The van der Waals surface area contributed by atoms with Crippen molar-refractivity contribution in [1.29, 1.82) is 0 Å². The van der Waals surface area contributed by atoms with Gasteiger partial charge in [-0.3, -0.25) is 10.1 Å². The molecule has 6 heteroatoms. The molecule has 0 saturated carbocycles. The van der Waals surface area contributed by atoms with E-state index in [0.717, 1.165) is 12.1 Å². The lowest BCUT2D eigenvalue weighted by atomic mass is 10.1. The zero-order valence-electron chi connectivity index (χ0n) is 11.3. The Morgan fingerprint density at radius 3 is 2.79 bits per heavy atom. The van der Waals surface area contributed by atoms with E-state index in [4.69, 9.17) is 9.84 Å². The summed E-state index contributed by atoms with van der Waals surface area (Å²) in [5.74, 6) is 0.742. The van der Waals surface area contributed by atoms with Gasteiger partial charge in [0.05, 0.1) is 11.5 Å². The number of ether oxygens (including phenoxy) is 1. The van der Waals surface area contributed by atoms with Crippen molar-refractivity contribution in [2.75, 3.05) is 19.8 Å². The molecular formula is C13H20N2O4. The fraction of sp³-hybridized carbons (Fsp3) is 0.538. The van der Waals surface area contributed by atoms with Crippen molar-refractivity contribution in [3.05, 3.63) is 33.9 Å². The first-order chi connectivity index (χ1) is 9.04. The van der Waals surface area contributed by atoms with Crippen molar-refractivity contribution >= 4 is 5.69 Å². The first-order valence-electron chi connectivity index (χ1n) is 6.26. The van der Waals surface area contributed by atoms with Gasteiger partial charge in [0, 0.05) is 12.6 Å². The zero-order chi connectivity index (χ0) is 14.3. The number of hydrogen-bond donors (Lipinski definition) is 2. The van der Waals surface area contributed by atoms with E-state index in [0.29, 0.717) is 12.5 Å². The van der Waals surface area contributed by atoms with E-state index in [-0.39, 0.29) is 24.7 Å². The molecule has 0 aliphatic carbocycles. The van der Waals surface area contributed by atoms with Crippen molar-refractivity contribution in [2.24, 2.45) is 5.92 Å². The van der Waals surface area contributed by atoms with Crippen LogP contribution >= 0.6 is 0 Å². The Hall–Kier alpha value is -1.66. The van der Waals surface area contributed by atoms with E-state index in [2.05, 4.69) is 19.2 Å². The molecule has 0 spiro atoms. The zero-order valence-corrected chi connectivity index (χ0v) is 11.3. The molecule has 0 amide bonds. The van der Waals surface area contributed by atoms with Gasteiger partial charge in [-0.25, -0.2) is 0 Å². The Morgan fingerprint density at radius 1 is 1.47 bits per heavy atom. The Balaban J connectivity index is 2.76. The highest BCUT2D eigenvalue weighted by Gasteiger charge is 2.15. The number of benzene rings is 1. The van der Waals surface area contributed by atoms with Gasteiger partial charge >= 0.3 is 5.69 Å². The van der Waals surface area contributed by atoms with Crippen LogP contribution in [0, 0.1) is 16.0 Å². The molecule has 0 aromatic heterocycles. The third-order valence-corrected chi connectivity index (χ3v) is 2.45. The van der Waals surface area contributed by atoms with E-state index in [1.54, 1.807) is 12.1 Å². The summed E-state index contributed by atoms with van der Waals surface area (Å²) in [6, 6.07) is 4.78. The molecule has 0 aliphatic heterocycles. The number of nitro benzene ring substituents is 1. The molecule has 0 radical (unpaired) electrons. The predicted molar refractivity (Wildman–Crippen MR) is 72.2 cm³/mol. The summed E-state index contributed by atoms with van der Waals surface area (Å²) in [5.41, 5.74) is 0.834. The van der Waals surface area contributed by atoms with Crippen LogP contribution in [0.3, 0.4) is 0 Å². The van der Waals surface area contributed by atoms with Crippen LogP contribution in [0.4, 0.5) is 5.69 Å². The van der Waals surface area contributed by atoms with Crippen LogP contribution in [0.15, 0.2) is 18.2 Å². The van der Waals surface area contributed by atoms with Gasteiger partial charge in [0.2, 0.25) is 0 Å². The van der Waals surface area contributed by atoms with Crippen LogP contribution in [0.5, 0.6) is 5.75 Å². The minimum absolute atomic E-state index is 0.0454. The topological polar surface area (TPSA) is 84.6 Å². The molecule has 0 atom stereocenters. The minimum Gasteiger partial charge on any atom is -0.484 e. The molecule has 0 heterocycles. The largest absolute Gasteiger partial charge is 0.484 e. The summed E-state index contributed by atoms with van der Waals surface area (Å²) < 4.78 is 5.20. The number of hydrogen-bond acceptors (Lipinski definition) is 5. The highest BCUT2D eigenvalue weighted by molar-refractivity contribution is 5.48. The highest BCUT2D eigenvalue weighted by Crippen LogP contribution is 2.27. The van der Waals surface area contributed by atoms with Crippen LogP contribution in [0.25, 0.3) is 0 Å². The van der Waals surface area contributed by atoms with Gasteiger partial charge in [-0.05, 0) is 24.1 Å². The van der Waals surface area contributed by atoms with Crippen LogP contribution in [0.2, 0.25) is 0 Å². The molecule has 106 valence electrons. The molecule has 0 fully saturated rings. The van der Waals surface area contributed by atoms with E-state index < -0.39 is 4.92 Å². The van der Waals surface area contributed by atoms with Crippen molar-refractivity contribution in [3.8, 4) is 5.75 Å². The van der Waals surface area contributed by atoms with E-state index in [1.165, 1.54) is 6.07 Å². The standard InChI is InChI=1S/C13H20N2O4/c1-10(2)8-14-9-11-3-4-12(15(17)18)13(7-11)19-6-5-16/h3-4,7,10,14,16H,5-6,8-9H2,1-2H3. The Morgan fingerprint density at radius 2 is 2.21 bits per heavy atom. The van der Waals surface area contributed by atoms with Gasteiger partial charge in [0.15, 0.2) is 5.75 Å². The maximum atomic E-state index is 10.8. The smallest absolute Gasteiger partial charge is 0.310 e. The lowest BCUT2D eigenvalue weighted by Gasteiger charge is -2.10. The molecule has 0 saturated heterocycles. The second-order valence-corrected chi connectivity index (χ2v) is 4.66. The highest BCUT2D eigenvalue weighted by atomic mass is 16.6. The minimum atomic E-state index is -0.488. The van der Waals surface area contributed by atoms with Gasteiger partial charge in [0.25, 0.3) is 0 Å². The van der Waals surface area contributed by atoms with Crippen molar-refractivity contribution in [1.82, 2.24) is 5.32 Å². The van der Waals surface area contributed by atoms with Crippen LogP contribution in [-0.2, 0) is 6.54 Å². The molecule has 0 bridgehead atoms. The molecule has 6 nitrogen and oxygen atoms in total. The maximum absolute atomic E-state index is 10.8. The molecular weight excluding hydrogens is 248 g/mol. The summed E-state index contributed by atoms with van der Waals surface area (Å²) in [5, 5.41) is 22.8. The van der Waals surface area contributed by atoms with Gasteiger partial charge < -0.3 is 15.2 Å². The molecule has 1 rings (SSSR count). The number of aliphatic hydroxyl groups excluding tert-OH is 1. The average molecular weight is 268 g/mol. The summed E-state index contributed by atoms with van der Waals surface area (Å²) in [7, 11) is 0. The monoisotopic (exact) mass is 268 g/mol. The van der Waals surface area contributed by atoms with E-state index in [9.17, 15) is 10.1 Å². The van der Waals surface area contributed by atoms with Crippen molar-refractivity contribution in [2.45, 2.75) is 20.4 Å². The Bertz CT molecular complexity index is 421. The van der Waals surface area contributed by atoms with E-state index in [1.807, 2.05) is 0 Å². The van der Waals surface area contributed by atoms with Gasteiger partial charge in [-0.15, -0.1) is 0 Å². The molecule has 1 aromatic carbocycles.